The molecule has 0 amide bonds. The van der Waals surface area contributed by atoms with Crippen molar-refractivity contribution < 1.29 is 10.2 Å². The lowest BCUT2D eigenvalue weighted by Gasteiger charge is -2.41. The number of aliphatic hydroxyl groups excluding tert-OH is 2. The summed E-state index contributed by atoms with van der Waals surface area (Å²) in [6.45, 7) is 0.164. The minimum atomic E-state index is -0.154. The number of aliphatic hydroxyl groups is 2. The number of thiophene rings is 1. The number of aromatic nitrogens is 1. The number of pyridine rings is 1. The lowest BCUT2D eigenvalue weighted by Crippen LogP contribution is -2.38. The molecule has 2 N–H and O–H groups in total. The molecule has 0 spiro atoms. The van der Waals surface area contributed by atoms with Crippen molar-refractivity contribution in [2.75, 3.05) is 6.61 Å². The zero-order chi connectivity index (χ0) is 12.8. The van der Waals surface area contributed by atoms with Gasteiger partial charge in [-0.05, 0) is 30.5 Å². The molecular weight excluding hydrogens is 270 g/mol. The van der Waals surface area contributed by atoms with Gasteiger partial charge in [0.2, 0.25) is 0 Å². The standard InChI is InChI=1S/C13H14ClNO2S/c14-11-5-10(13(7-17)2-1-3-13)9-4-8(6-16)18-12(9)15-11/h4-5,16-17H,1-3,6-7H2. The lowest BCUT2D eigenvalue weighted by molar-refractivity contribution is 0.121. The van der Waals surface area contributed by atoms with Crippen LogP contribution in [0.5, 0.6) is 0 Å². The first-order chi connectivity index (χ1) is 8.68. The normalized spacial score (nSPS) is 17.9. The average molecular weight is 284 g/mol. The molecule has 1 aliphatic rings. The second-order valence-corrected chi connectivity index (χ2v) is 6.38. The molecule has 0 radical (unpaired) electrons. The predicted molar refractivity (Wildman–Crippen MR) is 73.2 cm³/mol. The summed E-state index contributed by atoms with van der Waals surface area (Å²) in [5.74, 6) is 0. The van der Waals surface area contributed by atoms with Gasteiger partial charge in [-0.15, -0.1) is 11.3 Å². The largest absolute Gasteiger partial charge is 0.395 e. The molecular formula is C13H14ClNO2S. The van der Waals surface area contributed by atoms with Gasteiger partial charge in [0, 0.05) is 15.7 Å². The molecule has 2 heterocycles. The summed E-state index contributed by atoms with van der Waals surface area (Å²) in [5.41, 5.74) is 0.931. The maximum atomic E-state index is 9.69. The Morgan fingerprint density at radius 2 is 2.11 bits per heavy atom. The van der Waals surface area contributed by atoms with E-state index >= 15 is 0 Å². The Kier molecular flexibility index (Phi) is 3.06. The molecule has 0 saturated heterocycles. The van der Waals surface area contributed by atoms with Crippen LogP contribution in [-0.4, -0.2) is 21.8 Å². The highest BCUT2D eigenvalue weighted by Crippen LogP contribution is 2.47. The molecule has 5 heteroatoms. The van der Waals surface area contributed by atoms with Crippen LogP contribution in [0.15, 0.2) is 12.1 Å². The molecule has 0 aliphatic heterocycles. The van der Waals surface area contributed by atoms with Crippen LogP contribution in [0.1, 0.15) is 29.7 Å². The SMILES string of the molecule is OCc1cc2c(C3(CO)CCC3)cc(Cl)nc2s1. The van der Waals surface area contributed by atoms with Crippen molar-refractivity contribution in [1.29, 1.82) is 0 Å². The van der Waals surface area contributed by atoms with Gasteiger partial charge in [-0.3, -0.25) is 0 Å². The molecule has 96 valence electrons. The van der Waals surface area contributed by atoms with Crippen LogP contribution < -0.4 is 0 Å². The van der Waals surface area contributed by atoms with Crippen molar-refractivity contribution >= 4 is 33.2 Å². The first-order valence-corrected chi connectivity index (χ1v) is 7.19. The van der Waals surface area contributed by atoms with Gasteiger partial charge in [0.1, 0.15) is 9.98 Å². The highest BCUT2D eigenvalue weighted by molar-refractivity contribution is 7.18. The summed E-state index contributed by atoms with van der Waals surface area (Å²) < 4.78 is 0. The zero-order valence-corrected chi connectivity index (χ0v) is 11.4. The molecule has 2 aromatic rings. The van der Waals surface area contributed by atoms with E-state index in [0.717, 1.165) is 39.9 Å². The summed E-state index contributed by atoms with van der Waals surface area (Å²) in [4.78, 5) is 6.03. The van der Waals surface area contributed by atoms with E-state index < -0.39 is 0 Å². The number of halogens is 1. The van der Waals surface area contributed by atoms with Crippen LogP contribution in [-0.2, 0) is 12.0 Å². The third kappa shape index (κ3) is 1.75. The Hall–Kier alpha value is -0.680. The van der Waals surface area contributed by atoms with Crippen LogP contribution in [0.2, 0.25) is 5.15 Å². The summed E-state index contributed by atoms with van der Waals surface area (Å²) in [6, 6.07) is 3.83. The summed E-state index contributed by atoms with van der Waals surface area (Å²) in [7, 11) is 0. The fourth-order valence-corrected chi connectivity index (χ4v) is 3.82. The molecule has 3 rings (SSSR count). The molecule has 0 aromatic carbocycles. The van der Waals surface area contributed by atoms with Crippen molar-refractivity contribution in [1.82, 2.24) is 4.98 Å². The first-order valence-electron chi connectivity index (χ1n) is 6.00. The number of nitrogens with zero attached hydrogens (tertiary/aromatic N) is 1. The van der Waals surface area contributed by atoms with Crippen molar-refractivity contribution in [3.8, 4) is 0 Å². The van der Waals surface area contributed by atoms with Gasteiger partial charge in [0.15, 0.2) is 0 Å². The van der Waals surface area contributed by atoms with Gasteiger partial charge in [0.25, 0.3) is 0 Å². The molecule has 0 bridgehead atoms. The molecule has 0 unspecified atom stereocenters. The van der Waals surface area contributed by atoms with Gasteiger partial charge in [-0.1, -0.05) is 18.0 Å². The predicted octanol–water partition coefficient (Wildman–Crippen LogP) is 2.86. The quantitative estimate of drug-likeness (QED) is 0.852. The Labute approximate surface area is 114 Å². The van der Waals surface area contributed by atoms with Crippen LogP contribution in [0.3, 0.4) is 0 Å². The topological polar surface area (TPSA) is 53.4 Å². The van der Waals surface area contributed by atoms with Crippen molar-refractivity contribution in [2.45, 2.75) is 31.3 Å². The molecule has 3 nitrogen and oxygen atoms in total. The van der Waals surface area contributed by atoms with Crippen molar-refractivity contribution in [2.24, 2.45) is 0 Å². The number of hydrogen-bond donors (Lipinski definition) is 2. The number of rotatable bonds is 3. The highest BCUT2D eigenvalue weighted by Gasteiger charge is 2.39. The second-order valence-electron chi connectivity index (χ2n) is 4.87. The molecule has 1 saturated carbocycles. The molecule has 18 heavy (non-hydrogen) atoms. The lowest BCUT2D eigenvalue weighted by atomic mass is 9.64. The minimum Gasteiger partial charge on any atom is -0.395 e. The monoisotopic (exact) mass is 283 g/mol. The molecule has 0 atom stereocenters. The molecule has 1 aliphatic carbocycles. The van der Waals surface area contributed by atoms with E-state index in [0.29, 0.717) is 5.15 Å². The maximum absolute atomic E-state index is 9.69. The van der Waals surface area contributed by atoms with E-state index in [2.05, 4.69) is 4.98 Å². The first kappa shape index (κ1) is 12.4. The fraction of sp³-hybridized carbons (Fsp3) is 0.462. The summed E-state index contributed by atoms with van der Waals surface area (Å²) in [5, 5.41) is 20.4. The van der Waals surface area contributed by atoms with E-state index in [1.807, 2.05) is 12.1 Å². The Morgan fingerprint density at radius 3 is 2.67 bits per heavy atom. The second kappa shape index (κ2) is 4.46. The van der Waals surface area contributed by atoms with Crippen molar-refractivity contribution in [3.63, 3.8) is 0 Å². The van der Waals surface area contributed by atoms with Gasteiger partial charge in [-0.25, -0.2) is 4.98 Å². The third-order valence-electron chi connectivity index (χ3n) is 3.87. The number of fused-ring (bicyclic) bond motifs is 1. The Balaban J connectivity index is 2.23. The Morgan fingerprint density at radius 1 is 1.33 bits per heavy atom. The van der Waals surface area contributed by atoms with Gasteiger partial charge < -0.3 is 10.2 Å². The van der Waals surface area contributed by atoms with Crippen LogP contribution in [0.25, 0.3) is 10.2 Å². The van der Waals surface area contributed by atoms with Gasteiger partial charge in [0.05, 0.1) is 13.2 Å². The zero-order valence-electron chi connectivity index (χ0n) is 9.82. The van der Waals surface area contributed by atoms with Crippen LogP contribution in [0, 0.1) is 0 Å². The van der Waals surface area contributed by atoms with Gasteiger partial charge >= 0.3 is 0 Å². The van der Waals surface area contributed by atoms with E-state index in [4.69, 9.17) is 11.6 Å². The third-order valence-corrected chi connectivity index (χ3v) is 5.07. The van der Waals surface area contributed by atoms with E-state index in [1.165, 1.54) is 11.3 Å². The summed E-state index contributed by atoms with van der Waals surface area (Å²) in [6.07, 6.45) is 3.12. The molecule has 1 fully saturated rings. The highest BCUT2D eigenvalue weighted by atomic mass is 35.5. The fourth-order valence-electron chi connectivity index (χ4n) is 2.67. The average Bonchev–Trinajstić information content (AvgIpc) is 2.71. The van der Waals surface area contributed by atoms with E-state index in [1.54, 1.807) is 0 Å². The van der Waals surface area contributed by atoms with Crippen LogP contribution >= 0.6 is 22.9 Å². The summed E-state index contributed by atoms with van der Waals surface area (Å²) >= 11 is 7.53. The molecule has 2 aromatic heterocycles. The van der Waals surface area contributed by atoms with E-state index in [9.17, 15) is 10.2 Å². The Bertz CT molecular complexity index is 586. The van der Waals surface area contributed by atoms with Crippen LogP contribution in [0.4, 0.5) is 0 Å². The maximum Gasteiger partial charge on any atom is 0.131 e. The minimum absolute atomic E-state index is 0.0181. The smallest absolute Gasteiger partial charge is 0.131 e. The van der Waals surface area contributed by atoms with Crippen molar-refractivity contribution in [3.05, 3.63) is 27.7 Å². The number of hydrogen-bond acceptors (Lipinski definition) is 4. The van der Waals surface area contributed by atoms with E-state index in [-0.39, 0.29) is 18.6 Å². The van der Waals surface area contributed by atoms with Gasteiger partial charge in [-0.2, -0.15) is 0 Å².